The van der Waals surface area contributed by atoms with Crippen molar-refractivity contribution in [2.24, 2.45) is 0 Å². The van der Waals surface area contributed by atoms with Crippen molar-refractivity contribution in [1.82, 2.24) is 10.2 Å². The lowest BCUT2D eigenvalue weighted by atomic mass is 10.1. The largest absolute Gasteiger partial charge is 0.497 e. The van der Waals surface area contributed by atoms with Crippen molar-refractivity contribution in [3.05, 3.63) is 46.7 Å². The molecule has 1 aromatic heterocycles. The van der Waals surface area contributed by atoms with Crippen LogP contribution in [-0.2, 0) is 11.2 Å². The van der Waals surface area contributed by atoms with Gasteiger partial charge in [0.25, 0.3) is 5.91 Å². The number of fused-ring (bicyclic) bond motifs is 1. The van der Waals surface area contributed by atoms with Crippen molar-refractivity contribution in [2.45, 2.75) is 13.3 Å². The molecule has 0 fully saturated rings. The second kappa shape index (κ2) is 6.62. The minimum absolute atomic E-state index is 0.265. The second-order valence-electron chi connectivity index (χ2n) is 4.73. The molecule has 1 aliphatic rings. The van der Waals surface area contributed by atoms with E-state index in [0.717, 1.165) is 17.0 Å². The first-order chi connectivity index (χ1) is 11.2. The van der Waals surface area contributed by atoms with Gasteiger partial charge in [-0.15, -0.1) is 10.2 Å². The fourth-order valence-electron chi connectivity index (χ4n) is 2.03. The number of anilines is 1. The normalized spacial score (nSPS) is 12.7. The molecule has 0 bridgehead atoms. The molecule has 1 aromatic carbocycles. The Morgan fingerprint density at radius 1 is 1.39 bits per heavy atom. The molecule has 0 aliphatic carbocycles. The molecule has 0 saturated carbocycles. The van der Waals surface area contributed by atoms with E-state index in [4.69, 9.17) is 9.47 Å². The van der Waals surface area contributed by atoms with Crippen molar-refractivity contribution in [3.8, 4) is 11.5 Å². The van der Waals surface area contributed by atoms with Crippen LogP contribution in [0.3, 0.4) is 0 Å². The standard InChI is InChI=1S/C16H15N3O3S/c1-3-14-18-19-16(23-14)17-15(20)10-6-7-22-13-5-4-12(21-2)9-11(13)8-10/h4-9H,3H2,1-2H3,(H,17,19,20). The minimum Gasteiger partial charge on any atom is -0.497 e. The molecule has 0 unspecified atom stereocenters. The highest BCUT2D eigenvalue weighted by atomic mass is 32.1. The Labute approximate surface area is 137 Å². The van der Waals surface area contributed by atoms with E-state index in [0.29, 0.717) is 22.2 Å². The van der Waals surface area contributed by atoms with Crippen LogP contribution in [0.2, 0.25) is 0 Å². The summed E-state index contributed by atoms with van der Waals surface area (Å²) < 4.78 is 10.7. The zero-order valence-electron chi connectivity index (χ0n) is 12.7. The molecule has 0 spiro atoms. The molecular formula is C16H15N3O3S. The van der Waals surface area contributed by atoms with Gasteiger partial charge >= 0.3 is 0 Å². The monoisotopic (exact) mass is 329 g/mol. The molecule has 2 heterocycles. The van der Waals surface area contributed by atoms with Crippen molar-refractivity contribution in [1.29, 1.82) is 0 Å². The van der Waals surface area contributed by atoms with E-state index in [2.05, 4.69) is 15.5 Å². The lowest BCUT2D eigenvalue weighted by Gasteiger charge is -2.06. The highest BCUT2D eigenvalue weighted by molar-refractivity contribution is 7.15. The summed E-state index contributed by atoms with van der Waals surface area (Å²) in [6, 6.07) is 5.42. The Hall–Kier alpha value is -2.67. The van der Waals surface area contributed by atoms with E-state index < -0.39 is 0 Å². The van der Waals surface area contributed by atoms with Crippen LogP contribution in [0.25, 0.3) is 6.08 Å². The molecule has 6 nitrogen and oxygen atoms in total. The molecule has 3 rings (SSSR count). The van der Waals surface area contributed by atoms with Gasteiger partial charge in [0.1, 0.15) is 16.5 Å². The number of aryl methyl sites for hydroxylation is 1. The molecule has 7 heteroatoms. The number of aromatic nitrogens is 2. The van der Waals surface area contributed by atoms with Crippen molar-refractivity contribution < 1.29 is 14.3 Å². The number of ether oxygens (including phenoxy) is 2. The van der Waals surface area contributed by atoms with Gasteiger partial charge in [-0.25, -0.2) is 0 Å². The molecule has 118 valence electrons. The number of rotatable bonds is 4. The van der Waals surface area contributed by atoms with Gasteiger partial charge in [-0.1, -0.05) is 18.3 Å². The molecule has 1 N–H and O–H groups in total. The van der Waals surface area contributed by atoms with Gasteiger partial charge in [-0.05, 0) is 36.8 Å². The molecule has 0 saturated heterocycles. The number of hydrogen-bond acceptors (Lipinski definition) is 6. The summed E-state index contributed by atoms with van der Waals surface area (Å²) in [6.45, 7) is 1.99. The average Bonchev–Trinajstić information content (AvgIpc) is 2.91. The highest BCUT2D eigenvalue weighted by Crippen LogP contribution is 2.29. The number of nitrogens with zero attached hydrogens (tertiary/aromatic N) is 2. The molecule has 1 aliphatic heterocycles. The summed E-state index contributed by atoms with van der Waals surface area (Å²) in [6.07, 6.45) is 5.64. The summed E-state index contributed by atoms with van der Waals surface area (Å²) in [5.41, 5.74) is 1.23. The first-order valence-electron chi connectivity index (χ1n) is 7.06. The maximum atomic E-state index is 12.4. The molecule has 0 atom stereocenters. The van der Waals surface area contributed by atoms with Gasteiger partial charge < -0.3 is 9.47 Å². The Bertz CT molecular complexity index is 796. The lowest BCUT2D eigenvalue weighted by Crippen LogP contribution is -2.12. The zero-order valence-corrected chi connectivity index (χ0v) is 13.5. The SMILES string of the molecule is CCc1nnc(NC(=O)C2=Cc3cc(OC)ccc3OC=C2)s1. The fraction of sp³-hybridized carbons (Fsp3) is 0.188. The number of methoxy groups -OCH3 is 1. The van der Waals surface area contributed by atoms with Crippen molar-refractivity contribution in [2.75, 3.05) is 12.4 Å². The third-order valence-corrected chi connectivity index (χ3v) is 4.21. The minimum atomic E-state index is -0.265. The quantitative estimate of drug-likeness (QED) is 0.933. The van der Waals surface area contributed by atoms with E-state index in [1.54, 1.807) is 31.4 Å². The highest BCUT2D eigenvalue weighted by Gasteiger charge is 2.14. The van der Waals surface area contributed by atoms with Crippen LogP contribution in [-0.4, -0.2) is 23.2 Å². The second-order valence-corrected chi connectivity index (χ2v) is 5.79. The van der Waals surface area contributed by atoms with Gasteiger partial charge in [0.05, 0.1) is 13.4 Å². The third-order valence-electron chi connectivity index (χ3n) is 3.22. The van der Waals surface area contributed by atoms with E-state index in [-0.39, 0.29) is 5.91 Å². The van der Waals surface area contributed by atoms with Crippen LogP contribution in [0, 0.1) is 0 Å². The Morgan fingerprint density at radius 3 is 3.00 bits per heavy atom. The summed E-state index contributed by atoms with van der Waals surface area (Å²) >= 11 is 1.37. The van der Waals surface area contributed by atoms with Crippen molar-refractivity contribution in [3.63, 3.8) is 0 Å². The van der Waals surface area contributed by atoms with Crippen LogP contribution < -0.4 is 14.8 Å². The molecule has 23 heavy (non-hydrogen) atoms. The smallest absolute Gasteiger partial charge is 0.257 e. The van der Waals surface area contributed by atoms with E-state index in [1.807, 2.05) is 13.0 Å². The predicted octanol–water partition coefficient (Wildman–Crippen LogP) is 3.04. The number of hydrogen-bond donors (Lipinski definition) is 1. The van der Waals surface area contributed by atoms with Gasteiger partial charge in [0.15, 0.2) is 0 Å². The topological polar surface area (TPSA) is 73.3 Å². The maximum Gasteiger partial charge on any atom is 0.257 e. The van der Waals surface area contributed by atoms with Crippen LogP contribution in [0.5, 0.6) is 11.5 Å². The number of nitrogens with one attached hydrogen (secondary N) is 1. The molecule has 2 aromatic rings. The summed E-state index contributed by atoms with van der Waals surface area (Å²) in [5.74, 6) is 1.09. The maximum absolute atomic E-state index is 12.4. The fourth-order valence-corrected chi connectivity index (χ4v) is 2.70. The number of benzene rings is 1. The van der Waals surface area contributed by atoms with E-state index >= 15 is 0 Å². The van der Waals surface area contributed by atoms with E-state index in [1.165, 1.54) is 17.6 Å². The van der Waals surface area contributed by atoms with Crippen LogP contribution >= 0.6 is 11.3 Å². The van der Waals surface area contributed by atoms with E-state index in [9.17, 15) is 4.79 Å². The number of amides is 1. The first kappa shape index (κ1) is 15.2. The molecule has 0 radical (unpaired) electrons. The first-order valence-corrected chi connectivity index (χ1v) is 7.88. The summed E-state index contributed by atoms with van der Waals surface area (Å²) in [7, 11) is 1.59. The predicted molar refractivity (Wildman–Crippen MR) is 88.7 cm³/mol. The molecule has 1 amide bonds. The van der Waals surface area contributed by atoms with Crippen molar-refractivity contribution >= 4 is 28.5 Å². The van der Waals surface area contributed by atoms with Crippen LogP contribution in [0.15, 0.2) is 36.1 Å². The lowest BCUT2D eigenvalue weighted by molar-refractivity contribution is -0.112. The number of carbonyl (C=O) groups is 1. The van der Waals surface area contributed by atoms with Gasteiger partial charge in [0, 0.05) is 11.1 Å². The van der Waals surface area contributed by atoms with Gasteiger partial charge in [-0.3, -0.25) is 10.1 Å². The Kier molecular flexibility index (Phi) is 4.38. The molecular weight excluding hydrogens is 314 g/mol. The van der Waals surface area contributed by atoms with Gasteiger partial charge in [-0.2, -0.15) is 0 Å². The summed E-state index contributed by atoms with van der Waals surface area (Å²) in [4.78, 5) is 12.4. The van der Waals surface area contributed by atoms with Crippen LogP contribution in [0.4, 0.5) is 5.13 Å². The average molecular weight is 329 g/mol. The Balaban J connectivity index is 1.85. The van der Waals surface area contributed by atoms with Gasteiger partial charge in [0.2, 0.25) is 5.13 Å². The summed E-state index contributed by atoms with van der Waals surface area (Å²) in [5, 5.41) is 12.1. The Morgan fingerprint density at radius 2 is 2.26 bits per heavy atom. The van der Waals surface area contributed by atoms with Crippen LogP contribution in [0.1, 0.15) is 17.5 Å². The number of carbonyl (C=O) groups excluding carboxylic acids is 1. The zero-order chi connectivity index (χ0) is 16.2. The third kappa shape index (κ3) is 3.40.